The number of aryl methyl sites for hydroxylation is 1. The van der Waals surface area contributed by atoms with Crippen molar-refractivity contribution in [3.05, 3.63) is 29.8 Å². The van der Waals surface area contributed by atoms with Crippen LogP contribution in [0.5, 0.6) is 0 Å². The van der Waals surface area contributed by atoms with Crippen molar-refractivity contribution in [1.29, 1.82) is 0 Å². The zero-order chi connectivity index (χ0) is 16.0. The van der Waals surface area contributed by atoms with Crippen molar-refractivity contribution in [1.82, 2.24) is 5.32 Å². The fraction of sp³-hybridized carbons (Fsp3) is 0.467. The van der Waals surface area contributed by atoms with Crippen LogP contribution in [0.15, 0.2) is 24.3 Å². The van der Waals surface area contributed by atoms with E-state index in [0.29, 0.717) is 0 Å². The highest BCUT2D eigenvalue weighted by molar-refractivity contribution is 5.84. The van der Waals surface area contributed by atoms with Crippen LogP contribution in [0.4, 0.5) is 10.5 Å². The van der Waals surface area contributed by atoms with Crippen LogP contribution in [0.2, 0.25) is 0 Å². The molecular weight excluding hydrogens is 270 g/mol. The monoisotopic (exact) mass is 293 g/mol. The molecule has 0 aliphatic carbocycles. The van der Waals surface area contributed by atoms with Crippen LogP contribution in [0, 0.1) is 6.92 Å². The SMILES string of the molecule is Cc1ccc(NC[C@H](NC(=O)OC(C)(C)C)C(N)=O)cc1. The Balaban J connectivity index is 2.56. The molecule has 0 aliphatic rings. The summed E-state index contributed by atoms with van der Waals surface area (Å²) in [7, 11) is 0. The zero-order valence-corrected chi connectivity index (χ0v) is 12.9. The molecule has 0 unspecified atom stereocenters. The molecule has 1 aromatic carbocycles. The number of alkyl carbamates (subject to hydrolysis) is 1. The van der Waals surface area contributed by atoms with E-state index in [1.807, 2.05) is 31.2 Å². The topological polar surface area (TPSA) is 93.4 Å². The van der Waals surface area contributed by atoms with Crippen LogP contribution in [0.25, 0.3) is 0 Å². The predicted octanol–water partition coefficient (Wildman–Crippen LogP) is 1.79. The van der Waals surface area contributed by atoms with Crippen LogP contribution in [0.1, 0.15) is 26.3 Å². The molecule has 0 radical (unpaired) electrons. The highest BCUT2D eigenvalue weighted by Gasteiger charge is 2.22. The zero-order valence-electron chi connectivity index (χ0n) is 12.9. The van der Waals surface area contributed by atoms with E-state index in [1.54, 1.807) is 20.8 Å². The molecule has 1 aromatic rings. The lowest BCUT2D eigenvalue weighted by molar-refractivity contribution is -0.119. The van der Waals surface area contributed by atoms with Crippen molar-refractivity contribution >= 4 is 17.7 Å². The van der Waals surface area contributed by atoms with Crippen LogP contribution >= 0.6 is 0 Å². The minimum Gasteiger partial charge on any atom is -0.444 e. The maximum absolute atomic E-state index is 11.7. The fourth-order valence-corrected chi connectivity index (χ4v) is 1.56. The number of ether oxygens (including phenoxy) is 1. The second kappa shape index (κ2) is 6.97. The van der Waals surface area contributed by atoms with Gasteiger partial charge in [-0.1, -0.05) is 17.7 Å². The molecule has 0 saturated heterocycles. The number of hydrogen-bond donors (Lipinski definition) is 3. The Bertz CT molecular complexity index is 492. The number of nitrogens with two attached hydrogens (primary N) is 1. The molecule has 6 nitrogen and oxygen atoms in total. The Kier molecular flexibility index (Phi) is 5.58. The Labute approximate surface area is 125 Å². The van der Waals surface area contributed by atoms with Gasteiger partial charge in [-0.15, -0.1) is 0 Å². The van der Waals surface area contributed by atoms with E-state index in [9.17, 15) is 9.59 Å². The van der Waals surface area contributed by atoms with Crippen molar-refractivity contribution < 1.29 is 14.3 Å². The van der Waals surface area contributed by atoms with Gasteiger partial charge in [0.2, 0.25) is 5.91 Å². The molecule has 0 aromatic heterocycles. The van der Waals surface area contributed by atoms with Gasteiger partial charge in [0, 0.05) is 12.2 Å². The summed E-state index contributed by atoms with van der Waals surface area (Å²) in [6.45, 7) is 7.42. The molecule has 0 saturated carbocycles. The average Bonchev–Trinajstić information content (AvgIpc) is 2.33. The second-order valence-corrected chi connectivity index (χ2v) is 5.85. The maximum atomic E-state index is 11.7. The molecule has 0 spiro atoms. The van der Waals surface area contributed by atoms with Crippen molar-refractivity contribution in [2.45, 2.75) is 39.3 Å². The third-order valence-corrected chi connectivity index (χ3v) is 2.60. The molecule has 0 heterocycles. The van der Waals surface area contributed by atoms with Gasteiger partial charge in [0.05, 0.1) is 0 Å². The van der Waals surface area contributed by atoms with Crippen LogP contribution in [-0.4, -0.2) is 30.2 Å². The third kappa shape index (κ3) is 6.65. The van der Waals surface area contributed by atoms with E-state index in [-0.39, 0.29) is 6.54 Å². The van der Waals surface area contributed by atoms with Crippen molar-refractivity contribution in [3.8, 4) is 0 Å². The molecule has 6 heteroatoms. The van der Waals surface area contributed by atoms with Crippen molar-refractivity contribution in [2.75, 3.05) is 11.9 Å². The van der Waals surface area contributed by atoms with Gasteiger partial charge in [0.25, 0.3) is 0 Å². The molecule has 0 bridgehead atoms. The molecule has 0 aliphatic heterocycles. The first-order valence-electron chi connectivity index (χ1n) is 6.77. The molecule has 116 valence electrons. The van der Waals surface area contributed by atoms with E-state index in [1.165, 1.54) is 0 Å². The maximum Gasteiger partial charge on any atom is 0.408 e. The van der Waals surface area contributed by atoms with Gasteiger partial charge in [-0.2, -0.15) is 0 Å². The summed E-state index contributed by atoms with van der Waals surface area (Å²) < 4.78 is 5.10. The highest BCUT2D eigenvalue weighted by atomic mass is 16.6. The van der Waals surface area contributed by atoms with E-state index < -0.39 is 23.6 Å². The quantitative estimate of drug-likeness (QED) is 0.771. The van der Waals surface area contributed by atoms with Gasteiger partial charge in [-0.3, -0.25) is 4.79 Å². The Morgan fingerprint density at radius 3 is 2.29 bits per heavy atom. The van der Waals surface area contributed by atoms with E-state index >= 15 is 0 Å². The second-order valence-electron chi connectivity index (χ2n) is 5.85. The van der Waals surface area contributed by atoms with Crippen LogP contribution < -0.4 is 16.4 Å². The molecule has 0 fully saturated rings. The highest BCUT2D eigenvalue weighted by Crippen LogP contribution is 2.09. The average molecular weight is 293 g/mol. The lowest BCUT2D eigenvalue weighted by Gasteiger charge is -2.22. The van der Waals surface area contributed by atoms with Gasteiger partial charge in [-0.25, -0.2) is 4.79 Å². The largest absolute Gasteiger partial charge is 0.444 e. The van der Waals surface area contributed by atoms with E-state index in [0.717, 1.165) is 11.3 Å². The molecular formula is C15H23N3O3. The fourth-order valence-electron chi connectivity index (χ4n) is 1.56. The third-order valence-electron chi connectivity index (χ3n) is 2.60. The first-order chi connectivity index (χ1) is 9.67. The number of benzene rings is 1. The van der Waals surface area contributed by atoms with Crippen molar-refractivity contribution in [3.63, 3.8) is 0 Å². The first-order valence-corrected chi connectivity index (χ1v) is 6.77. The van der Waals surface area contributed by atoms with Gasteiger partial charge < -0.3 is 21.1 Å². The molecule has 1 rings (SSSR count). The van der Waals surface area contributed by atoms with Crippen LogP contribution in [0.3, 0.4) is 0 Å². The Morgan fingerprint density at radius 2 is 1.81 bits per heavy atom. The van der Waals surface area contributed by atoms with Crippen molar-refractivity contribution in [2.24, 2.45) is 5.73 Å². The first kappa shape index (κ1) is 16.8. The number of anilines is 1. The van der Waals surface area contributed by atoms with Gasteiger partial charge >= 0.3 is 6.09 Å². The number of rotatable bonds is 5. The van der Waals surface area contributed by atoms with Crippen LogP contribution in [-0.2, 0) is 9.53 Å². The number of nitrogens with one attached hydrogen (secondary N) is 2. The van der Waals surface area contributed by atoms with Gasteiger partial charge in [-0.05, 0) is 39.8 Å². The summed E-state index contributed by atoms with van der Waals surface area (Å²) in [4.78, 5) is 23.0. The van der Waals surface area contributed by atoms with E-state index in [4.69, 9.17) is 10.5 Å². The number of hydrogen-bond acceptors (Lipinski definition) is 4. The summed E-state index contributed by atoms with van der Waals surface area (Å²) in [5.74, 6) is -0.625. The summed E-state index contributed by atoms with van der Waals surface area (Å²) >= 11 is 0. The standard InChI is InChI=1S/C15H23N3O3/c1-10-5-7-11(8-6-10)17-9-12(13(16)19)18-14(20)21-15(2,3)4/h5-8,12,17H,9H2,1-4H3,(H2,16,19)(H,18,20)/t12-/m0/s1. The minimum absolute atomic E-state index is 0.192. The van der Waals surface area contributed by atoms with E-state index in [2.05, 4.69) is 10.6 Å². The number of carbonyl (C=O) groups excluding carboxylic acids is 2. The lowest BCUT2D eigenvalue weighted by Crippen LogP contribution is -2.49. The normalized spacial score (nSPS) is 12.4. The smallest absolute Gasteiger partial charge is 0.408 e. The minimum atomic E-state index is -0.846. The predicted molar refractivity (Wildman–Crippen MR) is 82.0 cm³/mol. The molecule has 21 heavy (non-hydrogen) atoms. The van der Waals surface area contributed by atoms with Gasteiger partial charge in [0.1, 0.15) is 11.6 Å². The number of amides is 2. The summed E-state index contributed by atoms with van der Waals surface area (Å²) in [5.41, 5.74) is 6.64. The number of primary amides is 1. The summed E-state index contributed by atoms with van der Waals surface area (Å²) in [5, 5.41) is 5.51. The Morgan fingerprint density at radius 1 is 1.24 bits per heavy atom. The molecule has 1 atom stereocenters. The lowest BCUT2D eigenvalue weighted by atomic mass is 10.2. The molecule has 2 amide bonds. The Hall–Kier alpha value is -2.24. The molecule has 4 N–H and O–H groups in total. The summed E-state index contributed by atoms with van der Waals surface area (Å²) in [6, 6.07) is 6.83. The summed E-state index contributed by atoms with van der Waals surface area (Å²) in [6.07, 6.45) is -0.669. The van der Waals surface area contributed by atoms with Gasteiger partial charge in [0.15, 0.2) is 0 Å². The number of carbonyl (C=O) groups is 2.